The SMILES string of the molecule is NC(=O)N1NC2(CC1(O)C(F)(F)F)C1CC3CC(C1)CC2C3. The van der Waals surface area contributed by atoms with Crippen molar-refractivity contribution in [1.82, 2.24) is 10.4 Å². The summed E-state index contributed by atoms with van der Waals surface area (Å²) in [6.45, 7) is 0. The van der Waals surface area contributed by atoms with Gasteiger partial charge in [0.25, 0.3) is 5.72 Å². The third-order valence-electron chi connectivity index (χ3n) is 6.50. The predicted molar refractivity (Wildman–Crippen MR) is 70.0 cm³/mol. The Labute approximate surface area is 126 Å². The van der Waals surface area contributed by atoms with Crippen LogP contribution in [-0.4, -0.2) is 33.6 Å². The molecule has 0 radical (unpaired) electrons. The second-order valence-corrected chi connectivity index (χ2v) is 7.62. The molecule has 1 heterocycles. The molecular formula is C14H20F3N3O2. The van der Waals surface area contributed by atoms with Crippen LogP contribution in [0.1, 0.15) is 38.5 Å². The number of amides is 2. The first-order chi connectivity index (χ1) is 10.2. The van der Waals surface area contributed by atoms with Crippen LogP contribution in [0.3, 0.4) is 0 Å². The summed E-state index contributed by atoms with van der Waals surface area (Å²) in [5.41, 5.74) is 3.78. The number of aliphatic hydroxyl groups is 1. The first kappa shape index (κ1) is 14.6. The van der Waals surface area contributed by atoms with Gasteiger partial charge in [-0.05, 0) is 55.8 Å². The van der Waals surface area contributed by atoms with Gasteiger partial charge < -0.3 is 10.8 Å². The number of halogens is 3. The molecule has 1 saturated heterocycles. The van der Waals surface area contributed by atoms with Crippen molar-refractivity contribution in [2.24, 2.45) is 29.4 Å². The maximum atomic E-state index is 13.4. The van der Waals surface area contributed by atoms with E-state index < -0.39 is 29.9 Å². The van der Waals surface area contributed by atoms with E-state index in [2.05, 4.69) is 5.43 Å². The Bertz CT molecular complexity index is 496. The van der Waals surface area contributed by atoms with Gasteiger partial charge in [0.1, 0.15) is 0 Å². The van der Waals surface area contributed by atoms with Crippen LogP contribution in [0.15, 0.2) is 0 Å². The van der Waals surface area contributed by atoms with E-state index in [4.69, 9.17) is 5.73 Å². The third-order valence-corrected chi connectivity index (χ3v) is 6.50. The molecule has 5 rings (SSSR count). The first-order valence-corrected chi connectivity index (χ1v) is 7.82. The van der Waals surface area contributed by atoms with Crippen LogP contribution in [0.2, 0.25) is 0 Å². The number of hydrazine groups is 1. The Morgan fingerprint density at radius 3 is 2.00 bits per heavy atom. The summed E-state index contributed by atoms with van der Waals surface area (Å²) >= 11 is 0. The van der Waals surface area contributed by atoms with E-state index in [1.807, 2.05) is 0 Å². The number of hydrogen-bond donors (Lipinski definition) is 3. The molecule has 0 aromatic carbocycles. The summed E-state index contributed by atoms with van der Waals surface area (Å²) in [5, 5.41) is 10.5. The predicted octanol–water partition coefficient (Wildman–Crippen LogP) is 1.72. The number of nitrogens with zero attached hydrogens (tertiary/aromatic N) is 1. The van der Waals surface area contributed by atoms with Gasteiger partial charge in [-0.25, -0.2) is 15.2 Å². The Hall–Kier alpha value is -1.02. The average Bonchev–Trinajstić information content (AvgIpc) is 2.71. The van der Waals surface area contributed by atoms with E-state index in [-0.39, 0.29) is 16.8 Å². The van der Waals surface area contributed by atoms with Gasteiger partial charge in [-0.2, -0.15) is 13.2 Å². The van der Waals surface area contributed by atoms with Crippen molar-refractivity contribution < 1.29 is 23.1 Å². The number of hydrogen-bond acceptors (Lipinski definition) is 3. The van der Waals surface area contributed by atoms with E-state index in [9.17, 15) is 23.1 Å². The van der Waals surface area contributed by atoms with Crippen LogP contribution in [0.4, 0.5) is 18.0 Å². The van der Waals surface area contributed by atoms with Gasteiger partial charge in [0.2, 0.25) is 0 Å². The molecule has 1 aliphatic heterocycles. The van der Waals surface area contributed by atoms with Gasteiger partial charge in [-0.3, -0.25) is 0 Å². The van der Waals surface area contributed by atoms with Crippen molar-refractivity contribution in [3.8, 4) is 0 Å². The highest BCUT2D eigenvalue weighted by atomic mass is 19.4. The molecule has 1 spiro atoms. The van der Waals surface area contributed by atoms with E-state index in [1.165, 1.54) is 6.42 Å². The van der Waals surface area contributed by atoms with Gasteiger partial charge in [0.05, 0.1) is 0 Å². The second kappa shape index (κ2) is 4.08. The summed E-state index contributed by atoms with van der Waals surface area (Å²) in [6, 6.07) is -1.29. The summed E-state index contributed by atoms with van der Waals surface area (Å²) in [6.07, 6.45) is -0.775. The van der Waals surface area contributed by atoms with Crippen molar-refractivity contribution >= 4 is 6.03 Å². The van der Waals surface area contributed by atoms with E-state index in [1.54, 1.807) is 0 Å². The largest absolute Gasteiger partial charge is 0.438 e. The molecule has 5 fully saturated rings. The fourth-order valence-electron chi connectivity index (χ4n) is 5.79. The van der Waals surface area contributed by atoms with Crippen LogP contribution in [0.5, 0.6) is 0 Å². The lowest BCUT2D eigenvalue weighted by Gasteiger charge is -2.59. The lowest BCUT2D eigenvalue weighted by molar-refractivity contribution is -0.299. The minimum absolute atomic E-state index is 0.0713. The number of carbonyl (C=O) groups excluding carboxylic acids is 1. The van der Waals surface area contributed by atoms with Gasteiger partial charge >= 0.3 is 12.2 Å². The van der Waals surface area contributed by atoms with Gasteiger partial charge in [-0.1, -0.05) is 0 Å². The molecule has 4 bridgehead atoms. The highest BCUT2D eigenvalue weighted by molar-refractivity contribution is 5.73. The minimum Gasteiger partial charge on any atom is -0.362 e. The normalized spacial score (nSPS) is 50.1. The molecule has 2 amide bonds. The monoisotopic (exact) mass is 319 g/mol. The van der Waals surface area contributed by atoms with Gasteiger partial charge in [0, 0.05) is 12.0 Å². The van der Waals surface area contributed by atoms with Crippen molar-refractivity contribution in [2.75, 3.05) is 0 Å². The molecule has 4 saturated carbocycles. The van der Waals surface area contributed by atoms with Crippen LogP contribution in [0.25, 0.3) is 0 Å². The summed E-state index contributed by atoms with van der Waals surface area (Å²) in [7, 11) is 0. The molecule has 0 aromatic rings. The zero-order valence-electron chi connectivity index (χ0n) is 12.1. The maximum Gasteiger partial charge on any atom is 0.438 e. The molecule has 4 N–H and O–H groups in total. The first-order valence-electron chi connectivity index (χ1n) is 7.82. The maximum absolute atomic E-state index is 13.4. The second-order valence-electron chi connectivity index (χ2n) is 7.62. The van der Waals surface area contributed by atoms with Gasteiger partial charge in [-0.15, -0.1) is 0 Å². The molecule has 22 heavy (non-hydrogen) atoms. The topological polar surface area (TPSA) is 78.6 Å². The molecule has 124 valence electrons. The zero-order chi connectivity index (χ0) is 15.9. The van der Waals surface area contributed by atoms with Crippen LogP contribution in [-0.2, 0) is 0 Å². The Morgan fingerprint density at radius 1 is 1.14 bits per heavy atom. The smallest absolute Gasteiger partial charge is 0.362 e. The number of alkyl halides is 3. The number of carbonyl (C=O) groups is 1. The van der Waals surface area contributed by atoms with Crippen molar-refractivity contribution in [3.05, 3.63) is 0 Å². The quantitative estimate of drug-likeness (QED) is 0.636. The fourth-order valence-corrected chi connectivity index (χ4v) is 5.79. The van der Waals surface area contributed by atoms with Crippen LogP contribution in [0, 0.1) is 23.7 Å². The third kappa shape index (κ3) is 1.65. The highest BCUT2D eigenvalue weighted by Crippen LogP contribution is 2.63. The molecule has 0 aromatic heterocycles. The van der Waals surface area contributed by atoms with Crippen molar-refractivity contribution in [1.29, 1.82) is 0 Å². The number of rotatable bonds is 0. The van der Waals surface area contributed by atoms with Gasteiger partial charge in [0.15, 0.2) is 0 Å². The average molecular weight is 319 g/mol. The molecule has 5 nitrogen and oxygen atoms in total. The Morgan fingerprint density at radius 2 is 1.64 bits per heavy atom. The van der Waals surface area contributed by atoms with Crippen molar-refractivity contribution in [2.45, 2.75) is 56.0 Å². The summed E-state index contributed by atoms with van der Waals surface area (Å²) in [4.78, 5) is 11.5. The Kier molecular flexibility index (Phi) is 2.70. The van der Waals surface area contributed by atoms with Crippen LogP contribution < -0.4 is 11.2 Å². The minimum atomic E-state index is -4.94. The number of primary amides is 1. The molecule has 8 heteroatoms. The lowest BCUT2D eigenvalue weighted by Crippen LogP contribution is -2.65. The molecule has 1 unspecified atom stereocenters. The lowest BCUT2D eigenvalue weighted by atomic mass is 9.48. The molecule has 5 aliphatic rings. The number of urea groups is 1. The molecular weight excluding hydrogens is 299 g/mol. The van der Waals surface area contributed by atoms with Crippen LogP contribution >= 0.6 is 0 Å². The molecule has 1 atom stereocenters. The van der Waals surface area contributed by atoms with E-state index in [0.29, 0.717) is 11.8 Å². The number of nitrogens with one attached hydrogen (secondary N) is 1. The fraction of sp³-hybridized carbons (Fsp3) is 0.929. The van der Waals surface area contributed by atoms with E-state index in [0.717, 1.165) is 25.7 Å². The summed E-state index contributed by atoms with van der Waals surface area (Å²) < 4.78 is 40.2. The van der Waals surface area contributed by atoms with E-state index >= 15 is 0 Å². The summed E-state index contributed by atoms with van der Waals surface area (Å²) in [5.74, 6) is 1.30. The van der Waals surface area contributed by atoms with Crippen molar-refractivity contribution in [3.63, 3.8) is 0 Å². The highest BCUT2D eigenvalue weighted by Gasteiger charge is 2.72. The zero-order valence-corrected chi connectivity index (χ0v) is 12.1. The molecule has 4 aliphatic carbocycles. The Balaban J connectivity index is 1.74. The number of nitrogens with two attached hydrogens (primary N) is 1. The standard InChI is InChI=1S/C14H20F3N3O2/c15-14(16,17)13(22)6-12(19-20(13)11(18)21)9-2-7-1-8(4-9)5-10(12)3-7/h7-10,19,22H,1-6H2,(H2,18,21).